The number of ether oxygens (including phenoxy) is 1. The van der Waals surface area contributed by atoms with Crippen LogP contribution in [0.5, 0.6) is 5.75 Å². The molecular weight excluding hydrogens is 272 g/mol. The van der Waals surface area contributed by atoms with E-state index in [1.54, 1.807) is 7.11 Å². The molecule has 6 heteroatoms. The van der Waals surface area contributed by atoms with Crippen molar-refractivity contribution in [2.45, 2.75) is 18.0 Å². The zero-order chi connectivity index (χ0) is 14.4. The van der Waals surface area contributed by atoms with Crippen LogP contribution in [0.25, 0.3) is 11.0 Å². The molecule has 1 atom stereocenters. The van der Waals surface area contributed by atoms with Crippen LogP contribution in [0.2, 0.25) is 0 Å². The molecular formula is C14H14N4OS. The van der Waals surface area contributed by atoms with E-state index in [2.05, 4.69) is 22.1 Å². The maximum atomic E-state index is 9.02. The Hall–Kier alpha value is -2.18. The second-order valence-corrected chi connectivity index (χ2v) is 5.27. The number of methoxy groups -OCH3 is 1. The van der Waals surface area contributed by atoms with Crippen molar-refractivity contribution >= 4 is 22.8 Å². The molecule has 102 valence electrons. The van der Waals surface area contributed by atoms with Crippen molar-refractivity contribution in [1.82, 2.24) is 9.97 Å². The van der Waals surface area contributed by atoms with Gasteiger partial charge in [0.05, 0.1) is 36.2 Å². The van der Waals surface area contributed by atoms with Gasteiger partial charge in [-0.15, -0.1) is 0 Å². The van der Waals surface area contributed by atoms with Crippen LogP contribution in [-0.4, -0.2) is 22.8 Å². The van der Waals surface area contributed by atoms with Gasteiger partial charge in [-0.2, -0.15) is 10.5 Å². The van der Waals surface area contributed by atoms with Crippen LogP contribution < -0.4 is 4.74 Å². The zero-order valence-electron chi connectivity index (χ0n) is 11.1. The number of hydrogen-bond acceptors (Lipinski definition) is 5. The molecule has 1 aromatic heterocycles. The van der Waals surface area contributed by atoms with Gasteiger partial charge in [0.15, 0.2) is 5.16 Å². The largest absolute Gasteiger partial charge is 0.497 e. The Morgan fingerprint density at radius 3 is 3.00 bits per heavy atom. The lowest BCUT2D eigenvalue weighted by molar-refractivity contribution is 0.415. The number of hydrogen-bond donors (Lipinski definition) is 1. The van der Waals surface area contributed by atoms with Crippen molar-refractivity contribution in [1.29, 1.82) is 10.5 Å². The van der Waals surface area contributed by atoms with Gasteiger partial charge in [-0.3, -0.25) is 0 Å². The molecule has 1 N–H and O–H groups in total. The standard InChI is InChI=1S/C14H14N4OS/c1-19-11-4-5-12-13(7-11)18-14(17-12)20-9-10(8-16)3-2-6-15/h4-5,7,10H,2-3,9H2,1H3,(H,17,18)/t10-/m0/s1. The van der Waals surface area contributed by atoms with E-state index in [-0.39, 0.29) is 5.92 Å². The minimum atomic E-state index is -0.123. The summed E-state index contributed by atoms with van der Waals surface area (Å²) in [5.74, 6) is 1.29. The van der Waals surface area contributed by atoms with Crippen LogP contribution in [-0.2, 0) is 0 Å². The van der Waals surface area contributed by atoms with E-state index in [1.165, 1.54) is 11.8 Å². The molecule has 20 heavy (non-hydrogen) atoms. The van der Waals surface area contributed by atoms with Crippen molar-refractivity contribution in [2.24, 2.45) is 5.92 Å². The highest BCUT2D eigenvalue weighted by atomic mass is 32.2. The second-order valence-electron chi connectivity index (χ2n) is 4.26. The number of benzene rings is 1. The van der Waals surface area contributed by atoms with Crippen LogP contribution in [0.4, 0.5) is 0 Å². The fourth-order valence-electron chi connectivity index (χ4n) is 1.76. The third kappa shape index (κ3) is 3.43. The Bertz CT molecular complexity index is 668. The van der Waals surface area contributed by atoms with Gasteiger partial charge in [0.1, 0.15) is 5.75 Å². The van der Waals surface area contributed by atoms with Crippen LogP contribution in [0.15, 0.2) is 23.4 Å². The summed E-state index contributed by atoms with van der Waals surface area (Å²) in [6.45, 7) is 0. The SMILES string of the molecule is COc1ccc2nc(SC[C@H](C#N)CCC#N)[nH]c2c1. The maximum absolute atomic E-state index is 9.02. The summed E-state index contributed by atoms with van der Waals surface area (Å²) in [6.07, 6.45) is 1.02. The molecule has 1 heterocycles. The number of H-pyrrole nitrogens is 1. The molecule has 0 aliphatic heterocycles. The average Bonchev–Trinajstić information content (AvgIpc) is 2.89. The fraction of sp³-hybridized carbons (Fsp3) is 0.357. The van der Waals surface area contributed by atoms with Crippen molar-refractivity contribution in [2.75, 3.05) is 12.9 Å². The van der Waals surface area contributed by atoms with Gasteiger partial charge in [0, 0.05) is 18.2 Å². The highest BCUT2D eigenvalue weighted by molar-refractivity contribution is 7.99. The van der Waals surface area contributed by atoms with Gasteiger partial charge in [-0.05, 0) is 18.6 Å². The third-order valence-corrected chi connectivity index (χ3v) is 3.91. The van der Waals surface area contributed by atoms with E-state index in [1.807, 2.05) is 18.2 Å². The first-order valence-corrected chi connectivity index (χ1v) is 7.18. The van der Waals surface area contributed by atoms with Gasteiger partial charge < -0.3 is 9.72 Å². The molecule has 0 radical (unpaired) electrons. The predicted octanol–water partition coefficient (Wildman–Crippen LogP) is 3.11. The maximum Gasteiger partial charge on any atom is 0.166 e. The van der Waals surface area contributed by atoms with E-state index >= 15 is 0 Å². The Kier molecular flexibility index (Phi) is 4.86. The molecule has 0 aliphatic rings. The average molecular weight is 286 g/mol. The molecule has 0 bridgehead atoms. The zero-order valence-corrected chi connectivity index (χ0v) is 11.9. The summed E-state index contributed by atoms with van der Waals surface area (Å²) in [4.78, 5) is 7.66. The quantitative estimate of drug-likeness (QED) is 0.825. The molecule has 2 rings (SSSR count). The summed E-state index contributed by atoms with van der Waals surface area (Å²) in [7, 11) is 1.62. The smallest absolute Gasteiger partial charge is 0.166 e. The van der Waals surface area contributed by atoms with Gasteiger partial charge in [-0.25, -0.2) is 4.98 Å². The molecule has 0 saturated carbocycles. The van der Waals surface area contributed by atoms with E-state index in [4.69, 9.17) is 15.3 Å². The number of thioether (sulfide) groups is 1. The molecule has 0 amide bonds. The number of fused-ring (bicyclic) bond motifs is 1. The fourth-order valence-corrected chi connectivity index (χ4v) is 2.71. The van der Waals surface area contributed by atoms with E-state index in [0.717, 1.165) is 21.9 Å². The van der Waals surface area contributed by atoms with Crippen molar-refractivity contribution in [3.8, 4) is 17.9 Å². The number of nitriles is 2. The number of nitrogens with zero attached hydrogens (tertiary/aromatic N) is 3. The van der Waals surface area contributed by atoms with Gasteiger partial charge in [0.25, 0.3) is 0 Å². The Morgan fingerprint density at radius 1 is 1.45 bits per heavy atom. The molecule has 0 saturated heterocycles. The summed E-state index contributed by atoms with van der Waals surface area (Å²) in [6, 6.07) is 9.94. The number of aromatic nitrogens is 2. The van der Waals surface area contributed by atoms with E-state index < -0.39 is 0 Å². The molecule has 2 aromatic rings. The predicted molar refractivity (Wildman–Crippen MR) is 77.3 cm³/mol. The minimum absolute atomic E-state index is 0.123. The van der Waals surface area contributed by atoms with Gasteiger partial charge >= 0.3 is 0 Å². The highest BCUT2D eigenvalue weighted by Gasteiger charge is 2.10. The number of aromatic amines is 1. The molecule has 1 aromatic carbocycles. The first kappa shape index (κ1) is 14.2. The number of imidazole rings is 1. The van der Waals surface area contributed by atoms with Crippen molar-refractivity contribution in [3.63, 3.8) is 0 Å². The number of nitrogens with one attached hydrogen (secondary N) is 1. The molecule has 0 unspecified atom stereocenters. The Labute approximate surface area is 121 Å². The second kappa shape index (κ2) is 6.83. The molecule has 0 fully saturated rings. The first-order valence-electron chi connectivity index (χ1n) is 6.20. The third-order valence-electron chi connectivity index (χ3n) is 2.88. The van der Waals surface area contributed by atoms with E-state index in [0.29, 0.717) is 18.6 Å². The summed E-state index contributed by atoms with van der Waals surface area (Å²) >= 11 is 1.50. The summed E-state index contributed by atoms with van der Waals surface area (Å²) < 4.78 is 5.16. The lowest BCUT2D eigenvalue weighted by Gasteiger charge is -2.03. The van der Waals surface area contributed by atoms with Gasteiger partial charge in [-0.1, -0.05) is 11.8 Å². The lowest BCUT2D eigenvalue weighted by Crippen LogP contribution is -2.00. The Morgan fingerprint density at radius 2 is 2.30 bits per heavy atom. The number of rotatable bonds is 6. The Balaban J connectivity index is 2.03. The molecule has 0 spiro atoms. The van der Waals surface area contributed by atoms with Crippen molar-refractivity contribution < 1.29 is 4.74 Å². The first-order chi connectivity index (χ1) is 9.76. The monoisotopic (exact) mass is 286 g/mol. The van der Waals surface area contributed by atoms with Crippen LogP contribution >= 0.6 is 11.8 Å². The minimum Gasteiger partial charge on any atom is -0.497 e. The van der Waals surface area contributed by atoms with Gasteiger partial charge in [0.2, 0.25) is 0 Å². The van der Waals surface area contributed by atoms with Crippen LogP contribution in [0.1, 0.15) is 12.8 Å². The summed E-state index contributed by atoms with van der Waals surface area (Å²) in [5.41, 5.74) is 1.79. The van der Waals surface area contributed by atoms with Crippen LogP contribution in [0.3, 0.4) is 0 Å². The molecule has 0 aliphatic carbocycles. The normalized spacial score (nSPS) is 11.8. The summed E-state index contributed by atoms with van der Waals surface area (Å²) in [5, 5.41) is 18.3. The van der Waals surface area contributed by atoms with Crippen LogP contribution in [0, 0.1) is 28.6 Å². The van der Waals surface area contributed by atoms with E-state index in [9.17, 15) is 0 Å². The highest BCUT2D eigenvalue weighted by Crippen LogP contribution is 2.25. The topological polar surface area (TPSA) is 85.5 Å². The lowest BCUT2D eigenvalue weighted by atomic mass is 10.1. The van der Waals surface area contributed by atoms with Crippen molar-refractivity contribution in [3.05, 3.63) is 18.2 Å². The molecule has 5 nitrogen and oxygen atoms in total.